The molecule has 2 N–H and O–H groups in total. The number of carbonyl (C=O) groups is 3. The molecule has 11 heteroatoms. The molecule has 3 amide bonds. The second-order valence-electron chi connectivity index (χ2n) is 11.5. The van der Waals surface area contributed by atoms with Crippen molar-refractivity contribution in [2.75, 3.05) is 41.0 Å². The lowest BCUT2D eigenvalue weighted by molar-refractivity contribution is -0.123. The number of rotatable bonds is 4. The highest BCUT2D eigenvalue weighted by molar-refractivity contribution is 6.00. The summed E-state index contributed by atoms with van der Waals surface area (Å²) < 4.78 is 28.9. The van der Waals surface area contributed by atoms with Gasteiger partial charge in [0.2, 0.25) is 0 Å². The Morgan fingerprint density at radius 1 is 0.812 bits per heavy atom. The van der Waals surface area contributed by atoms with Crippen molar-refractivity contribution < 1.29 is 38.1 Å². The third-order valence-corrected chi connectivity index (χ3v) is 8.47. The third-order valence-electron chi connectivity index (χ3n) is 8.47. The number of benzene rings is 4. The first-order valence-corrected chi connectivity index (χ1v) is 15.6. The van der Waals surface area contributed by atoms with Crippen molar-refractivity contribution in [1.29, 1.82) is 0 Å². The fraction of sp³-hybridized carbons (Fsp3) is 0.270. The van der Waals surface area contributed by atoms with E-state index >= 15 is 0 Å². The van der Waals surface area contributed by atoms with E-state index in [0.717, 1.165) is 11.1 Å². The van der Waals surface area contributed by atoms with E-state index in [9.17, 15) is 14.4 Å². The van der Waals surface area contributed by atoms with Gasteiger partial charge >= 0.3 is 0 Å². The van der Waals surface area contributed by atoms with Gasteiger partial charge in [-0.05, 0) is 65.7 Å². The van der Waals surface area contributed by atoms with Crippen LogP contribution in [0.4, 0.5) is 0 Å². The Balaban J connectivity index is 1.35. The van der Waals surface area contributed by atoms with Crippen LogP contribution in [0.3, 0.4) is 0 Å². The van der Waals surface area contributed by atoms with Crippen molar-refractivity contribution in [3.05, 3.63) is 102 Å². The van der Waals surface area contributed by atoms with Crippen LogP contribution >= 0.6 is 0 Å². The van der Waals surface area contributed by atoms with Gasteiger partial charge in [0.1, 0.15) is 40.4 Å². The Kier molecular flexibility index (Phi) is 9.65. The molecule has 0 aliphatic carbocycles. The van der Waals surface area contributed by atoms with Crippen LogP contribution in [0.25, 0.3) is 11.1 Å². The van der Waals surface area contributed by atoms with E-state index in [1.165, 1.54) is 14.2 Å². The van der Waals surface area contributed by atoms with Crippen molar-refractivity contribution in [3.63, 3.8) is 0 Å². The van der Waals surface area contributed by atoms with Gasteiger partial charge in [0, 0.05) is 37.2 Å². The zero-order chi connectivity index (χ0) is 33.6. The third kappa shape index (κ3) is 7.00. The van der Waals surface area contributed by atoms with E-state index in [1.54, 1.807) is 60.5 Å². The molecule has 248 valence electrons. The maximum atomic E-state index is 13.9. The van der Waals surface area contributed by atoms with Crippen molar-refractivity contribution in [1.82, 2.24) is 15.5 Å². The first-order chi connectivity index (χ1) is 23.4. The highest BCUT2D eigenvalue weighted by atomic mass is 16.5. The lowest BCUT2D eigenvalue weighted by Crippen LogP contribution is -2.58. The normalized spacial score (nSPS) is 17.9. The zero-order valence-electron chi connectivity index (χ0n) is 27.0. The Morgan fingerprint density at radius 3 is 2.27 bits per heavy atom. The number of amides is 3. The van der Waals surface area contributed by atoms with Gasteiger partial charge in [-0.1, -0.05) is 30.3 Å². The van der Waals surface area contributed by atoms with Gasteiger partial charge in [0.05, 0.1) is 27.4 Å². The van der Waals surface area contributed by atoms with Gasteiger partial charge in [-0.15, -0.1) is 0 Å². The lowest BCUT2D eigenvalue weighted by atomic mass is 9.98. The van der Waals surface area contributed by atoms with Crippen LogP contribution in [-0.4, -0.2) is 75.8 Å². The predicted octanol–water partition coefficient (Wildman–Crippen LogP) is 4.48. The number of likely N-dealkylation sites (tertiary alicyclic amines) is 1. The highest BCUT2D eigenvalue weighted by Crippen LogP contribution is 2.34. The maximum Gasteiger partial charge on any atom is 0.261 e. The van der Waals surface area contributed by atoms with E-state index in [1.807, 2.05) is 36.4 Å². The number of nitrogens with one attached hydrogen (secondary N) is 2. The summed E-state index contributed by atoms with van der Waals surface area (Å²) in [6.45, 7) is 0.726. The van der Waals surface area contributed by atoms with Crippen LogP contribution in [0.5, 0.6) is 28.7 Å². The van der Waals surface area contributed by atoms with Crippen LogP contribution in [0.1, 0.15) is 32.7 Å². The molecule has 11 nitrogen and oxygen atoms in total. The summed E-state index contributed by atoms with van der Waals surface area (Å²) in [6.07, 6.45) is 0.00681. The summed E-state index contributed by atoms with van der Waals surface area (Å²) in [5, 5.41) is 6.03. The van der Waals surface area contributed by atoms with Gasteiger partial charge in [-0.3, -0.25) is 14.4 Å². The molecule has 4 aromatic rings. The molecular formula is C37H37N3O8. The lowest BCUT2D eigenvalue weighted by Gasteiger charge is -2.39. The van der Waals surface area contributed by atoms with Gasteiger partial charge in [0.15, 0.2) is 6.61 Å². The first-order valence-electron chi connectivity index (χ1n) is 15.6. The zero-order valence-corrected chi connectivity index (χ0v) is 27.0. The molecule has 1 fully saturated rings. The van der Waals surface area contributed by atoms with Crippen LogP contribution in [0.2, 0.25) is 0 Å². The molecule has 0 radical (unpaired) electrons. The number of ether oxygens (including phenoxy) is 5. The van der Waals surface area contributed by atoms with Gasteiger partial charge in [-0.2, -0.15) is 0 Å². The Labute approximate surface area is 278 Å². The van der Waals surface area contributed by atoms with Crippen LogP contribution < -0.4 is 34.3 Å². The molecule has 4 aromatic carbocycles. The molecule has 48 heavy (non-hydrogen) atoms. The number of hydrogen-bond donors (Lipinski definition) is 2. The molecule has 3 aliphatic rings. The fourth-order valence-corrected chi connectivity index (χ4v) is 5.96. The van der Waals surface area contributed by atoms with E-state index in [-0.39, 0.29) is 30.9 Å². The minimum absolute atomic E-state index is 0.156. The van der Waals surface area contributed by atoms with Crippen LogP contribution in [-0.2, 0) is 11.3 Å². The van der Waals surface area contributed by atoms with Crippen molar-refractivity contribution >= 4 is 17.7 Å². The molecule has 1 saturated heterocycles. The molecule has 2 atom stereocenters. The largest absolute Gasteiger partial charge is 0.496 e. The van der Waals surface area contributed by atoms with E-state index < -0.39 is 12.1 Å². The number of piperidine rings is 1. The monoisotopic (exact) mass is 651 g/mol. The Hall–Kier alpha value is -5.71. The van der Waals surface area contributed by atoms with E-state index in [2.05, 4.69) is 10.6 Å². The van der Waals surface area contributed by atoms with Gasteiger partial charge < -0.3 is 39.2 Å². The summed E-state index contributed by atoms with van der Waals surface area (Å²) in [5.41, 5.74) is 3.01. The van der Waals surface area contributed by atoms with E-state index in [4.69, 9.17) is 23.7 Å². The molecular weight excluding hydrogens is 614 g/mol. The second kappa shape index (κ2) is 14.4. The quantitative estimate of drug-likeness (QED) is 0.331. The summed E-state index contributed by atoms with van der Waals surface area (Å²) >= 11 is 0. The summed E-state index contributed by atoms with van der Waals surface area (Å²) in [7, 11) is 4.57. The molecule has 3 heterocycles. The second-order valence-corrected chi connectivity index (χ2v) is 11.5. The molecule has 7 rings (SSSR count). The van der Waals surface area contributed by atoms with Crippen molar-refractivity contribution in [3.8, 4) is 39.9 Å². The van der Waals surface area contributed by atoms with Gasteiger partial charge in [0.25, 0.3) is 17.7 Å². The van der Waals surface area contributed by atoms with E-state index in [0.29, 0.717) is 64.9 Å². The molecule has 3 aliphatic heterocycles. The first kappa shape index (κ1) is 32.2. The Morgan fingerprint density at radius 2 is 1.54 bits per heavy atom. The standard InChI is InChI=1S/C37H37N3O8/c1-44-30-15-12-25-19-28(30)24-6-4-7-27(18-24)47-22-34(41)38-20-23-10-13-26(14-11-23)48-31-16-17-40(21-29(31)39-36(25)42)37(43)35-32(45-2)8-5-9-33(35)46-3/h4-15,18-19,29,31H,16-17,20-22H2,1-3H3,(H,38,41)(H,39,42)/t29-,31-/m1/s1. The molecule has 0 unspecified atom stereocenters. The average molecular weight is 652 g/mol. The molecule has 6 bridgehead atoms. The number of methoxy groups -OCH3 is 3. The summed E-state index contributed by atoms with van der Waals surface area (Å²) in [4.78, 5) is 42.1. The maximum absolute atomic E-state index is 13.9. The van der Waals surface area contributed by atoms with Crippen LogP contribution in [0, 0.1) is 0 Å². The SMILES string of the molecule is COc1ccc2cc1-c1cccc(c1)OCC(=O)NCc1ccc(cc1)O[C@@H]1CCN(C(=O)c3c(OC)cccc3OC)C[C@H]1NC2=O. The van der Waals surface area contributed by atoms with Crippen molar-refractivity contribution in [2.45, 2.75) is 25.1 Å². The summed E-state index contributed by atoms with van der Waals surface area (Å²) in [6, 6.07) is 24.4. The summed E-state index contributed by atoms with van der Waals surface area (Å²) in [5.74, 6) is 1.58. The van der Waals surface area contributed by atoms with Crippen LogP contribution in [0.15, 0.2) is 84.9 Å². The molecule has 0 spiro atoms. The minimum Gasteiger partial charge on any atom is -0.496 e. The van der Waals surface area contributed by atoms with Crippen molar-refractivity contribution in [2.24, 2.45) is 0 Å². The number of carbonyl (C=O) groups excluding carboxylic acids is 3. The average Bonchev–Trinajstić information content (AvgIpc) is 3.13. The molecule has 0 saturated carbocycles. The number of hydrogen-bond acceptors (Lipinski definition) is 8. The number of nitrogens with zero attached hydrogens (tertiary/aromatic N) is 1. The van der Waals surface area contributed by atoms with Gasteiger partial charge in [-0.25, -0.2) is 0 Å². The molecule has 0 aromatic heterocycles. The number of fused-ring (bicyclic) bond motifs is 7. The topological polar surface area (TPSA) is 125 Å². The Bertz CT molecular complexity index is 1790. The fourth-order valence-electron chi connectivity index (χ4n) is 5.96. The highest BCUT2D eigenvalue weighted by Gasteiger charge is 2.36. The smallest absolute Gasteiger partial charge is 0.261 e. The minimum atomic E-state index is -0.567. The predicted molar refractivity (Wildman–Crippen MR) is 178 cm³/mol.